The third-order valence-corrected chi connectivity index (χ3v) is 2.85. The summed E-state index contributed by atoms with van der Waals surface area (Å²) in [5.41, 5.74) is -1.50. The molecule has 2 atom stereocenters. The van der Waals surface area contributed by atoms with Crippen molar-refractivity contribution in [2.45, 2.75) is 26.7 Å². The standard InChI is InChI=1S/C10H14O5/c1-3-6-5-10(6,9(13)14)7(11)8(12)15-4-2/h6H,3-5H2,1-2H3,(H,13,14). The molecule has 1 rings (SSSR count). The van der Waals surface area contributed by atoms with E-state index in [1.54, 1.807) is 13.8 Å². The first kappa shape index (κ1) is 11.7. The highest BCUT2D eigenvalue weighted by molar-refractivity contribution is 6.40. The van der Waals surface area contributed by atoms with Crippen molar-refractivity contribution in [2.24, 2.45) is 11.3 Å². The van der Waals surface area contributed by atoms with E-state index in [1.807, 2.05) is 0 Å². The summed E-state index contributed by atoms with van der Waals surface area (Å²) in [6.07, 6.45) is 0.827. The number of rotatable bonds is 5. The zero-order chi connectivity index (χ0) is 11.6. The SMILES string of the molecule is CCOC(=O)C(=O)C1(C(=O)O)CC1CC. The van der Waals surface area contributed by atoms with Crippen LogP contribution in [0.2, 0.25) is 0 Å². The molecule has 15 heavy (non-hydrogen) atoms. The van der Waals surface area contributed by atoms with E-state index in [1.165, 1.54) is 0 Å². The summed E-state index contributed by atoms with van der Waals surface area (Å²) < 4.78 is 4.52. The van der Waals surface area contributed by atoms with Crippen LogP contribution in [0.15, 0.2) is 0 Å². The first-order valence-electron chi connectivity index (χ1n) is 4.95. The number of carbonyl (C=O) groups is 3. The van der Waals surface area contributed by atoms with Crippen LogP contribution >= 0.6 is 0 Å². The smallest absolute Gasteiger partial charge is 0.375 e. The molecule has 1 saturated carbocycles. The van der Waals surface area contributed by atoms with Crippen molar-refractivity contribution >= 4 is 17.7 Å². The minimum absolute atomic E-state index is 0.0804. The number of Topliss-reactive ketones (excluding diaryl/α,β-unsaturated/α-hetero) is 1. The molecular formula is C10H14O5. The van der Waals surface area contributed by atoms with Gasteiger partial charge in [0, 0.05) is 0 Å². The highest BCUT2D eigenvalue weighted by Gasteiger charge is 2.67. The van der Waals surface area contributed by atoms with Crippen LogP contribution in [-0.2, 0) is 19.1 Å². The van der Waals surface area contributed by atoms with E-state index in [2.05, 4.69) is 4.74 Å². The molecule has 0 aromatic heterocycles. The maximum atomic E-state index is 11.6. The lowest BCUT2D eigenvalue weighted by molar-refractivity contribution is -0.162. The fourth-order valence-corrected chi connectivity index (χ4v) is 1.84. The molecule has 5 heteroatoms. The molecule has 0 aliphatic heterocycles. The van der Waals surface area contributed by atoms with Gasteiger partial charge in [-0.3, -0.25) is 9.59 Å². The number of hydrogen-bond acceptors (Lipinski definition) is 4. The fourth-order valence-electron chi connectivity index (χ4n) is 1.84. The van der Waals surface area contributed by atoms with Crippen molar-refractivity contribution in [1.82, 2.24) is 0 Å². The molecule has 84 valence electrons. The third kappa shape index (κ3) is 1.73. The number of ketones is 1. The summed E-state index contributed by atoms with van der Waals surface area (Å²) in [6, 6.07) is 0. The highest BCUT2D eigenvalue weighted by atomic mass is 16.5. The minimum Gasteiger partial charge on any atom is -0.480 e. The van der Waals surface area contributed by atoms with Crippen LogP contribution in [0.3, 0.4) is 0 Å². The molecule has 2 unspecified atom stereocenters. The number of esters is 1. The zero-order valence-corrected chi connectivity index (χ0v) is 8.78. The van der Waals surface area contributed by atoms with Gasteiger partial charge in [-0.1, -0.05) is 13.3 Å². The molecule has 1 fully saturated rings. The summed E-state index contributed by atoms with van der Waals surface area (Å²) in [6.45, 7) is 3.45. The van der Waals surface area contributed by atoms with E-state index in [4.69, 9.17) is 5.11 Å². The van der Waals surface area contributed by atoms with Crippen LogP contribution in [0.5, 0.6) is 0 Å². The molecule has 0 amide bonds. The van der Waals surface area contributed by atoms with Gasteiger partial charge in [0.1, 0.15) is 5.41 Å². The van der Waals surface area contributed by atoms with Gasteiger partial charge < -0.3 is 9.84 Å². The molecule has 0 radical (unpaired) electrons. The molecule has 1 aliphatic carbocycles. The molecule has 0 aromatic rings. The second kappa shape index (κ2) is 4.00. The molecule has 0 spiro atoms. The Hall–Kier alpha value is -1.39. The number of carboxylic acid groups (broad SMARTS) is 1. The predicted octanol–water partition coefficient (Wildman–Crippen LogP) is 0.619. The van der Waals surface area contributed by atoms with Gasteiger partial charge in [0.05, 0.1) is 6.61 Å². The lowest BCUT2D eigenvalue weighted by atomic mass is 9.97. The van der Waals surface area contributed by atoms with E-state index in [0.717, 1.165) is 0 Å². The summed E-state index contributed by atoms with van der Waals surface area (Å²) in [4.78, 5) is 33.7. The molecule has 1 N–H and O–H groups in total. The second-order valence-corrected chi connectivity index (χ2v) is 3.64. The molecule has 5 nitrogen and oxygen atoms in total. The zero-order valence-electron chi connectivity index (χ0n) is 8.78. The van der Waals surface area contributed by atoms with Gasteiger partial charge in [-0.05, 0) is 19.3 Å². The van der Waals surface area contributed by atoms with Crippen LogP contribution in [0.25, 0.3) is 0 Å². The lowest BCUT2D eigenvalue weighted by Crippen LogP contribution is -2.34. The predicted molar refractivity (Wildman–Crippen MR) is 50.1 cm³/mol. The van der Waals surface area contributed by atoms with Gasteiger partial charge in [0.15, 0.2) is 0 Å². The Bertz CT molecular complexity index is 309. The second-order valence-electron chi connectivity index (χ2n) is 3.64. The maximum Gasteiger partial charge on any atom is 0.375 e. The number of hydrogen-bond donors (Lipinski definition) is 1. The number of ether oxygens (including phenoxy) is 1. The van der Waals surface area contributed by atoms with Crippen LogP contribution < -0.4 is 0 Å². The van der Waals surface area contributed by atoms with Crippen LogP contribution in [0.4, 0.5) is 0 Å². The molecule has 0 saturated heterocycles. The first-order valence-corrected chi connectivity index (χ1v) is 4.95. The van der Waals surface area contributed by atoms with Crippen molar-refractivity contribution in [2.75, 3.05) is 6.61 Å². The number of carboxylic acids is 1. The summed E-state index contributed by atoms with van der Waals surface area (Å²) >= 11 is 0. The lowest BCUT2D eigenvalue weighted by Gasteiger charge is -2.09. The average Bonchev–Trinajstić information content (AvgIpc) is 2.92. The summed E-state index contributed by atoms with van der Waals surface area (Å²) in [7, 11) is 0. The van der Waals surface area contributed by atoms with Gasteiger partial charge in [-0.2, -0.15) is 0 Å². The Morgan fingerprint density at radius 3 is 2.33 bits per heavy atom. The Labute approximate surface area is 87.4 Å². The Morgan fingerprint density at radius 1 is 1.40 bits per heavy atom. The maximum absolute atomic E-state index is 11.6. The monoisotopic (exact) mass is 214 g/mol. The topological polar surface area (TPSA) is 80.7 Å². The van der Waals surface area contributed by atoms with Crippen LogP contribution in [0.1, 0.15) is 26.7 Å². The van der Waals surface area contributed by atoms with E-state index in [-0.39, 0.29) is 18.9 Å². The first-order chi connectivity index (χ1) is 7.00. The molecule has 0 heterocycles. The number of carbonyl (C=O) groups excluding carboxylic acids is 2. The van der Waals surface area contributed by atoms with E-state index < -0.39 is 23.1 Å². The molecular weight excluding hydrogens is 200 g/mol. The van der Waals surface area contributed by atoms with Crippen molar-refractivity contribution in [1.29, 1.82) is 0 Å². The Kier molecular flexibility index (Phi) is 3.12. The van der Waals surface area contributed by atoms with Crippen molar-refractivity contribution < 1.29 is 24.2 Å². The van der Waals surface area contributed by atoms with Crippen LogP contribution in [-0.4, -0.2) is 29.4 Å². The van der Waals surface area contributed by atoms with Gasteiger partial charge >= 0.3 is 11.9 Å². The largest absolute Gasteiger partial charge is 0.480 e. The van der Waals surface area contributed by atoms with Crippen molar-refractivity contribution in [3.63, 3.8) is 0 Å². The van der Waals surface area contributed by atoms with Gasteiger partial charge in [-0.25, -0.2) is 4.79 Å². The normalized spacial score (nSPS) is 28.3. The third-order valence-electron chi connectivity index (χ3n) is 2.85. The highest BCUT2D eigenvalue weighted by Crippen LogP contribution is 2.55. The van der Waals surface area contributed by atoms with Crippen molar-refractivity contribution in [3.05, 3.63) is 0 Å². The summed E-state index contributed by atoms with van der Waals surface area (Å²) in [5, 5.41) is 8.96. The Morgan fingerprint density at radius 2 is 2.00 bits per heavy atom. The van der Waals surface area contributed by atoms with E-state index in [0.29, 0.717) is 6.42 Å². The summed E-state index contributed by atoms with van der Waals surface area (Å²) in [5.74, 6) is -3.39. The molecule has 1 aliphatic rings. The quantitative estimate of drug-likeness (QED) is 0.412. The minimum atomic E-state index is -1.50. The molecule has 0 bridgehead atoms. The van der Waals surface area contributed by atoms with Gasteiger partial charge in [0.2, 0.25) is 0 Å². The van der Waals surface area contributed by atoms with E-state index >= 15 is 0 Å². The van der Waals surface area contributed by atoms with Crippen LogP contribution in [0, 0.1) is 11.3 Å². The average molecular weight is 214 g/mol. The van der Waals surface area contributed by atoms with E-state index in [9.17, 15) is 14.4 Å². The molecule has 0 aromatic carbocycles. The Balaban J connectivity index is 2.81. The van der Waals surface area contributed by atoms with Gasteiger partial charge in [-0.15, -0.1) is 0 Å². The van der Waals surface area contributed by atoms with Crippen molar-refractivity contribution in [3.8, 4) is 0 Å². The van der Waals surface area contributed by atoms with Gasteiger partial charge in [0.25, 0.3) is 5.78 Å². The number of aliphatic carboxylic acids is 1. The fraction of sp³-hybridized carbons (Fsp3) is 0.700.